The van der Waals surface area contributed by atoms with Crippen LogP contribution in [0.4, 0.5) is 10.1 Å². The molecule has 2 aliphatic rings. The minimum atomic E-state index is -3.05. The van der Waals surface area contributed by atoms with Gasteiger partial charge in [0.25, 0.3) is 0 Å². The van der Waals surface area contributed by atoms with Crippen LogP contribution in [0.25, 0.3) is 0 Å². The third-order valence-corrected chi connectivity index (χ3v) is 6.44. The van der Waals surface area contributed by atoms with E-state index in [1.807, 2.05) is 0 Å². The average molecular weight is 356 g/mol. The summed E-state index contributed by atoms with van der Waals surface area (Å²) < 4.78 is 41.6. The predicted molar refractivity (Wildman–Crippen MR) is 88.5 cm³/mol. The van der Waals surface area contributed by atoms with E-state index in [1.165, 1.54) is 13.2 Å². The molecule has 1 aromatic rings. The molecule has 0 N–H and O–H groups in total. The second-order valence-electron chi connectivity index (χ2n) is 6.23. The van der Waals surface area contributed by atoms with E-state index < -0.39 is 21.6 Å². The minimum absolute atomic E-state index is 0.0266. The summed E-state index contributed by atoms with van der Waals surface area (Å²) in [7, 11) is -1.63. The number of carbonyl (C=O) groups excluding carboxylic acids is 1. The standard InChI is InChI=1S/C16H21FN2O4S/c1-23-15-10-13(2-3-14(15)17)18-5-7-19(8-6-18)16(20)12-4-9-24(21,22)11-12/h2-3,10,12H,4-9,11H2,1H3. The van der Waals surface area contributed by atoms with Crippen molar-refractivity contribution in [2.45, 2.75) is 6.42 Å². The van der Waals surface area contributed by atoms with E-state index in [9.17, 15) is 17.6 Å². The summed E-state index contributed by atoms with van der Waals surface area (Å²) in [6.45, 7) is 2.32. The van der Waals surface area contributed by atoms with Gasteiger partial charge in [-0.05, 0) is 18.6 Å². The summed E-state index contributed by atoms with van der Waals surface area (Å²) in [4.78, 5) is 16.3. The molecule has 2 saturated heterocycles. The molecule has 2 fully saturated rings. The Kier molecular flexibility index (Phi) is 4.67. The van der Waals surface area contributed by atoms with Gasteiger partial charge in [0.05, 0.1) is 24.5 Å². The van der Waals surface area contributed by atoms with Crippen LogP contribution in [0.3, 0.4) is 0 Å². The molecule has 3 rings (SSSR count). The molecule has 2 aliphatic heterocycles. The number of hydrogen-bond donors (Lipinski definition) is 0. The lowest BCUT2D eigenvalue weighted by Crippen LogP contribution is -2.50. The molecule has 0 spiro atoms. The molecule has 0 radical (unpaired) electrons. The minimum Gasteiger partial charge on any atom is -0.494 e. The molecule has 2 heterocycles. The van der Waals surface area contributed by atoms with Crippen LogP contribution in [-0.4, -0.2) is 64.0 Å². The zero-order valence-electron chi connectivity index (χ0n) is 13.6. The number of hydrogen-bond acceptors (Lipinski definition) is 5. The Hall–Kier alpha value is -1.83. The monoisotopic (exact) mass is 356 g/mol. The number of anilines is 1. The number of halogens is 1. The molecule has 6 nitrogen and oxygen atoms in total. The lowest BCUT2D eigenvalue weighted by atomic mass is 10.1. The van der Waals surface area contributed by atoms with Crippen molar-refractivity contribution in [3.05, 3.63) is 24.0 Å². The van der Waals surface area contributed by atoms with E-state index >= 15 is 0 Å². The number of nitrogens with zero attached hydrogens (tertiary/aromatic N) is 2. The number of amides is 1. The normalized spacial score (nSPS) is 23.3. The molecule has 0 bridgehead atoms. The quantitative estimate of drug-likeness (QED) is 0.806. The molecule has 8 heteroatoms. The molecule has 1 atom stereocenters. The van der Waals surface area contributed by atoms with Crippen molar-refractivity contribution in [3.8, 4) is 5.75 Å². The molecular formula is C16H21FN2O4S. The van der Waals surface area contributed by atoms with Crippen molar-refractivity contribution < 1.29 is 22.3 Å². The molecule has 0 aromatic heterocycles. The van der Waals surface area contributed by atoms with Crippen LogP contribution in [0, 0.1) is 11.7 Å². The first-order chi connectivity index (χ1) is 11.4. The Morgan fingerprint density at radius 1 is 1.25 bits per heavy atom. The third-order valence-electron chi connectivity index (χ3n) is 4.67. The number of sulfone groups is 1. The highest BCUT2D eigenvalue weighted by Gasteiger charge is 2.36. The summed E-state index contributed by atoms with van der Waals surface area (Å²) >= 11 is 0. The second-order valence-corrected chi connectivity index (χ2v) is 8.46. The van der Waals surface area contributed by atoms with Crippen LogP contribution in [0.1, 0.15) is 6.42 Å². The summed E-state index contributed by atoms with van der Waals surface area (Å²) in [6, 6.07) is 4.71. The van der Waals surface area contributed by atoms with E-state index in [2.05, 4.69) is 4.90 Å². The smallest absolute Gasteiger partial charge is 0.226 e. The van der Waals surface area contributed by atoms with Crippen LogP contribution in [0.2, 0.25) is 0 Å². The molecule has 1 unspecified atom stereocenters. The summed E-state index contributed by atoms with van der Waals surface area (Å²) in [5.74, 6) is -0.584. The first kappa shape index (κ1) is 17.0. The second kappa shape index (κ2) is 6.58. The first-order valence-corrected chi connectivity index (χ1v) is 9.79. The lowest BCUT2D eigenvalue weighted by Gasteiger charge is -2.37. The van der Waals surface area contributed by atoms with Gasteiger partial charge in [-0.1, -0.05) is 0 Å². The number of carbonyl (C=O) groups is 1. The van der Waals surface area contributed by atoms with Gasteiger partial charge in [0.15, 0.2) is 21.4 Å². The van der Waals surface area contributed by atoms with Gasteiger partial charge in [-0.3, -0.25) is 4.79 Å². The van der Waals surface area contributed by atoms with Crippen molar-refractivity contribution >= 4 is 21.4 Å². The fourth-order valence-corrected chi connectivity index (χ4v) is 5.01. The molecule has 0 aliphatic carbocycles. The topological polar surface area (TPSA) is 66.9 Å². The summed E-state index contributed by atoms with van der Waals surface area (Å²) in [5, 5.41) is 0. The fraction of sp³-hybridized carbons (Fsp3) is 0.562. The van der Waals surface area contributed by atoms with Crippen molar-refractivity contribution in [1.29, 1.82) is 0 Å². The van der Waals surface area contributed by atoms with Crippen molar-refractivity contribution in [2.24, 2.45) is 5.92 Å². The maximum absolute atomic E-state index is 13.5. The average Bonchev–Trinajstić information content (AvgIpc) is 2.95. The Bertz CT molecular complexity index is 730. The number of benzene rings is 1. The number of methoxy groups -OCH3 is 1. The van der Waals surface area contributed by atoms with E-state index in [4.69, 9.17) is 4.74 Å². The molecule has 1 amide bonds. The van der Waals surface area contributed by atoms with Gasteiger partial charge < -0.3 is 14.5 Å². The first-order valence-electron chi connectivity index (χ1n) is 7.97. The zero-order chi connectivity index (χ0) is 17.3. The van der Waals surface area contributed by atoms with Gasteiger partial charge in [-0.15, -0.1) is 0 Å². The Morgan fingerprint density at radius 2 is 1.96 bits per heavy atom. The van der Waals surface area contributed by atoms with E-state index in [1.54, 1.807) is 17.0 Å². The van der Waals surface area contributed by atoms with Gasteiger partial charge in [0, 0.05) is 37.9 Å². The zero-order valence-corrected chi connectivity index (χ0v) is 14.4. The van der Waals surface area contributed by atoms with Crippen LogP contribution in [0.5, 0.6) is 5.75 Å². The van der Waals surface area contributed by atoms with Gasteiger partial charge in [0.1, 0.15) is 0 Å². The number of rotatable bonds is 3. The number of piperazine rings is 1. The van der Waals surface area contributed by atoms with Crippen LogP contribution < -0.4 is 9.64 Å². The highest BCUT2D eigenvalue weighted by Crippen LogP contribution is 2.26. The molecule has 0 saturated carbocycles. The Morgan fingerprint density at radius 3 is 2.54 bits per heavy atom. The molecule has 132 valence electrons. The maximum Gasteiger partial charge on any atom is 0.226 e. The van der Waals surface area contributed by atoms with Gasteiger partial charge in [-0.2, -0.15) is 0 Å². The summed E-state index contributed by atoms with van der Waals surface area (Å²) in [6.07, 6.45) is 0.427. The van der Waals surface area contributed by atoms with E-state index in [-0.39, 0.29) is 23.2 Å². The van der Waals surface area contributed by atoms with Gasteiger partial charge >= 0.3 is 0 Å². The highest BCUT2D eigenvalue weighted by atomic mass is 32.2. The Labute approximate surface area is 141 Å². The highest BCUT2D eigenvalue weighted by molar-refractivity contribution is 7.91. The summed E-state index contributed by atoms with van der Waals surface area (Å²) in [5.41, 5.74) is 0.851. The van der Waals surface area contributed by atoms with Gasteiger partial charge in [0.2, 0.25) is 5.91 Å². The van der Waals surface area contributed by atoms with E-state index in [0.29, 0.717) is 32.6 Å². The maximum atomic E-state index is 13.5. The SMILES string of the molecule is COc1cc(N2CCN(C(=O)C3CCS(=O)(=O)C3)CC2)ccc1F. The van der Waals surface area contributed by atoms with Crippen molar-refractivity contribution in [2.75, 3.05) is 49.7 Å². The predicted octanol–water partition coefficient (Wildman–Crippen LogP) is 0.918. The fourth-order valence-electron chi connectivity index (χ4n) is 3.28. The van der Waals surface area contributed by atoms with E-state index in [0.717, 1.165) is 5.69 Å². The van der Waals surface area contributed by atoms with Crippen LogP contribution >= 0.6 is 0 Å². The van der Waals surface area contributed by atoms with Crippen LogP contribution in [-0.2, 0) is 14.6 Å². The molecule has 24 heavy (non-hydrogen) atoms. The molecular weight excluding hydrogens is 335 g/mol. The van der Waals surface area contributed by atoms with Gasteiger partial charge in [-0.25, -0.2) is 12.8 Å². The third kappa shape index (κ3) is 3.48. The van der Waals surface area contributed by atoms with Crippen LogP contribution in [0.15, 0.2) is 18.2 Å². The van der Waals surface area contributed by atoms with Crippen molar-refractivity contribution in [1.82, 2.24) is 4.90 Å². The largest absolute Gasteiger partial charge is 0.494 e. The molecule has 1 aromatic carbocycles. The number of ether oxygens (including phenoxy) is 1. The lowest BCUT2D eigenvalue weighted by molar-refractivity contribution is -0.135. The van der Waals surface area contributed by atoms with Crippen molar-refractivity contribution in [3.63, 3.8) is 0 Å². The Balaban J connectivity index is 1.61.